The third-order valence-corrected chi connectivity index (χ3v) is 2.40. The molecule has 5 heteroatoms. The van der Waals surface area contributed by atoms with Crippen molar-refractivity contribution < 1.29 is 14.6 Å². The smallest absolute Gasteiger partial charge is 0.240 e. The molecular formula is C8H9NO3S. The molecule has 0 aliphatic heterocycles. The molecule has 4 nitrogen and oxygen atoms in total. The molecule has 0 aliphatic carbocycles. The molecule has 70 valence electrons. The number of carbonyl (C=O) groups excluding carboxylic acids is 1. The van der Waals surface area contributed by atoms with Gasteiger partial charge >= 0.3 is 0 Å². The lowest BCUT2D eigenvalue weighted by Gasteiger charge is -1.96. The van der Waals surface area contributed by atoms with Gasteiger partial charge in [-0.1, -0.05) is 0 Å². The minimum absolute atomic E-state index is 0.301. The number of hydrogen-bond donors (Lipinski definition) is 0. The lowest BCUT2D eigenvalue weighted by molar-refractivity contribution is -0.281. The second-order valence-electron chi connectivity index (χ2n) is 2.30. The highest BCUT2D eigenvalue weighted by molar-refractivity contribution is 7.12. The van der Waals surface area contributed by atoms with Gasteiger partial charge in [0, 0.05) is 4.88 Å². The van der Waals surface area contributed by atoms with Crippen LogP contribution in [0.2, 0.25) is 0 Å². The molecule has 0 atom stereocenters. The Morgan fingerprint density at radius 1 is 1.69 bits per heavy atom. The van der Waals surface area contributed by atoms with Crippen LogP contribution in [0, 0.1) is 6.92 Å². The van der Waals surface area contributed by atoms with E-state index in [-0.39, 0.29) is 0 Å². The van der Waals surface area contributed by atoms with Crippen LogP contribution in [0.25, 0.3) is 0 Å². The Bertz CT molecular complexity index is 328. The molecule has 0 bridgehead atoms. The second-order valence-corrected chi connectivity index (χ2v) is 3.64. The van der Waals surface area contributed by atoms with Crippen LogP contribution in [0.1, 0.15) is 9.75 Å². The van der Waals surface area contributed by atoms with Crippen molar-refractivity contribution in [2.75, 3.05) is 7.11 Å². The van der Waals surface area contributed by atoms with Crippen LogP contribution in [-0.2, 0) is 21.2 Å². The normalized spacial score (nSPS) is 9.69. The molecular weight excluding hydrogens is 190 g/mol. The molecule has 0 N–H and O–H groups in total. The Labute approximate surface area is 79.7 Å². The number of aliphatic imine (C=N–C) groups is 1. The fraction of sp³-hybridized carbons (Fsp3) is 0.375. The van der Waals surface area contributed by atoms with Gasteiger partial charge in [-0.2, -0.15) is 4.99 Å². The van der Waals surface area contributed by atoms with Crippen molar-refractivity contribution in [3.8, 4) is 0 Å². The van der Waals surface area contributed by atoms with E-state index in [4.69, 9.17) is 4.89 Å². The fourth-order valence-electron chi connectivity index (χ4n) is 0.909. The number of nitrogens with zero attached hydrogens (tertiary/aromatic N) is 1. The minimum Gasteiger partial charge on any atom is -0.240 e. The Balaban J connectivity index is 2.84. The molecule has 0 spiro atoms. The summed E-state index contributed by atoms with van der Waals surface area (Å²) in [5, 5.41) is 0. The monoisotopic (exact) mass is 199 g/mol. The Morgan fingerprint density at radius 3 is 3.08 bits per heavy atom. The lowest BCUT2D eigenvalue weighted by Crippen LogP contribution is -1.87. The van der Waals surface area contributed by atoms with Crippen molar-refractivity contribution >= 4 is 23.1 Å². The molecule has 1 aromatic heterocycles. The Hall–Kier alpha value is -1.00. The van der Waals surface area contributed by atoms with Gasteiger partial charge in [-0.25, -0.2) is 14.6 Å². The predicted molar refractivity (Wildman–Crippen MR) is 48.6 cm³/mol. The Kier molecular flexibility index (Phi) is 3.79. The maximum Gasteiger partial charge on any atom is 0.240 e. The van der Waals surface area contributed by atoms with Crippen molar-refractivity contribution in [1.29, 1.82) is 0 Å². The minimum atomic E-state index is 0.301. The summed E-state index contributed by atoms with van der Waals surface area (Å²) in [6, 6.07) is 1.81. The first-order valence-electron chi connectivity index (χ1n) is 3.60. The van der Waals surface area contributed by atoms with E-state index in [1.807, 2.05) is 13.0 Å². The summed E-state index contributed by atoms with van der Waals surface area (Å²) >= 11 is 1.52. The molecule has 0 saturated carbocycles. The summed E-state index contributed by atoms with van der Waals surface area (Å²) < 4.78 is 0. The molecule has 1 rings (SSSR count). The van der Waals surface area contributed by atoms with Crippen LogP contribution in [0.15, 0.2) is 11.1 Å². The molecule has 0 amide bonds. The van der Waals surface area contributed by atoms with Gasteiger partial charge in [0.15, 0.2) is 0 Å². The molecule has 1 aromatic rings. The molecule has 0 aliphatic rings. The zero-order valence-corrected chi connectivity index (χ0v) is 8.18. The Morgan fingerprint density at radius 2 is 2.46 bits per heavy atom. The zero-order chi connectivity index (χ0) is 9.68. The zero-order valence-electron chi connectivity index (χ0n) is 7.36. The van der Waals surface area contributed by atoms with E-state index < -0.39 is 0 Å². The van der Waals surface area contributed by atoms with Crippen LogP contribution in [0.5, 0.6) is 0 Å². The van der Waals surface area contributed by atoms with Gasteiger partial charge in [0.2, 0.25) is 6.08 Å². The van der Waals surface area contributed by atoms with E-state index in [9.17, 15) is 4.79 Å². The second kappa shape index (κ2) is 4.89. The highest BCUT2D eigenvalue weighted by Gasteiger charge is 2.06. The number of aryl methyl sites for hydroxylation is 1. The largest absolute Gasteiger partial charge is 0.240 e. The molecule has 1 heterocycles. The first kappa shape index (κ1) is 10.1. The molecule has 0 radical (unpaired) electrons. The number of hydrogen-bond acceptors (Lipinski definition) is 5. The highest BCUT2D eigenvalue weighted by Crippen LogP contribution is 2.29. The number of rotatable bonds is 4. The third-order valence-electron chi connectivity index (χ3n) is 1.38. The van der Waals surface area contributed by atoms with Crippen molar-refractivity contribution in [2.24, 2.45) is 4.99 Å². The highest BCUT2D eigenvalue weighted by atomic mass is 32.1. The molecule has 0 aromatic carbocycles. The first-order valence-corrected chi connectivity index (χ1v) is 4.42. The first-order chi connectivity index (χ1) is 6.27. The van der Waals surface area contributed by atoms with E-state index in [0.29, 0.717) is 12.3 Å². The maximum atomic E-state index is 10.1. The van der Waals surface area contributed by atoms with Gasteiger partial charge in [-0.05, 0) is 13.0 Å². The SMILES string of the molecule is COOCc1sc(C)cc1N=C=O. The van der Waals surface area contributed by atoms with Crippen LogP contribution < -0.4 is 0 Å². The van der Waals surface area contributed by atoms with Gasteiger partial charge < -0.3 is 0 Å². The van der Waals surface area contributed by atoms with Gasteiger partial charge in [0.05, 0.1) is 17.7 Å². The van der Waals surface area contributed by atoms with E-state index >= 15 is 0 Å². The van der Waals surface area contributed by atoms with E-state index in [1.165, 1.54) is 24.5 Å². The summed E-state index contributed by atoms with van der Waals surface area (Å²) in [4.78, 5) is 24.7. The average Bonchev–Trinajstić information content (AvgIpc) is 2.44. The standard InChI is InChI=1S/C8H9NO3S/c1-6-3-7(9-5-10)8(13-6)4-12-11-2/h3H,4H2,1-2H3. The quantitative estimate of drug-likeness (QED) is 0.323. The van der Waals surface area contributed by atoms with Crippen LogP contribution in [0.3, 0.4) is 0 Å². The maximum absolute atomic E-state index is 10.1. The predicted octanol–water partition coefficient (Wildman–Crippen LogP) is 2.10. The van der Waals surface area contributed by atoms with Gasteiger partial charge in [0.25, 0.3) is 0 Å². The summed E-state index contributed by atoms with van der Waals surface area (Å²) in [6.07, 6.45) is 1.50. The molecule has 13 heavy (non-hydrogen) atoms. The third kappa shape index (κ3) is 2.75. The van der Waals surface area contributed by atoms with E-state index in [1.54, 1.807) is 0 Å². The molecule has 0 saturated heterocycles. The lowest BCUT2D eigenvalue weighted by atomic mass is 10.4. The summed E-state index contributed by atoms with van der Waals surface area (Å²) in [7, 11) is 1.43. The van der Waals surface area contributed by atoms with E-state index in [2.05, 4.69) is 9.88 Å². The van der Waals surface area contributed by atoms with Gasteiger partial charge in [-0.15, -0.1) is 11.3 Å². The van der Waals surface area contributed by atoms with Gasteiger partial charge in [0.1, 0.15) is 6.61 Å². The van der Waals surface area contributed by atoms with E-state index in [0.717, 1.165) is 9.75 Å². The summed E-state index contributed by atoms with van der Waals surface area (Å²) in [5.41, 5.74) is 0.606. The topological polar surface area (TPSA) is 47.9 Å². The van der Waals surface area contributed by atoms with Crippen molar-refractivity contribution in [1.82, 2.24) is 0 Å². The van der Waals surface area contributed by atoms with Crippen molar-refractivity contribution in [2.45, 2.75) is 13.5 Å². The average molecular weight is 199 g/mol. The summed E-state index contributed by atoms with van der Waals surface area (Å²) in [6.45, 7) is 2.24. The molecule has 0 fully saturated rings. The summed E-state index contributed by atoms with van der Waals surface area (Å²) in [5.74, 6) is 0. The van der Waals surface area contributed by atoms with Crippen LogP contribution in [0.4, 0.5) is 5.69 Å². The fourth-order valence-corrected chi connectivity index (χ4v) is 1.78. The van der Waals surface area contributed by atoms with Crippen molar-refractivity contribution in [3.05, 3.63) is 15.8 Å². The molecule has 0 unspecified atom stereocenters. The van der Waals surface area contributed by atoms with Crippen LogP contribution in [-0.4, -0.2) is 13.2 Å². The van der Waals surface area contributed by atoms with Gasteiger partial charge in [-0.3, -0.25) is 0 Å². The van der Waals surface area contributed by atoms with Crippen molar-refractivity contribution in [3.63, 3.8) is 0 Å². The van der Waals surface area contributed by atoms with Crippen LogP contribution >= 0.6 is 11.3 Å². The number of thiophene rings is 1. The number of isocyanates is 1.